The van der Waals surface area contributed by atoms with Crippen LogP contribution in [0.2, 0.25) is 0 Å². The predicted molar refractivity (Wildman–Crippen MR) is 42.3 cm³/mol. The van der Waals surface area contributed by atoms with Gasteiger partial charge in [-0.25, -0.2) is 0 Å². The van der Waals surface area contributed by atoms with Crippen LogP contribution in [0.15, 0.2) is 0 Å². The fourth-order valence-corrected chi connectivity index (χ4v) is 0.903. The molecule has 0 heterocycles. The Labute approximate surface area is 84.0 Å². The molecule has 0 saturated carbocycles. The Morgan fingerprint density at radius 3 is 2.00 bits per heavy atom. The standard InChI is InChI=1S/C6H10F4O4S/c1-3-4(2)14-5(7,8)6(9,10)15(11,12)13/h4H,3H2,1-2H3,(H,11,12,13). The van der Waals surface area contributed by atoms with E-state index >= 15 is 0 Å². The maximum atomic E-state index is 12.6. The predicted octanol–water partition coefficient (Wildman–Crippen LogP) is 1.87. The van der Waals surface area contributed by atoms with Gasteiger partial charge in [0.25, 0.3) is 0 Å². The summed E-state index contributed by atoms with van der Waals surface area (Å²) in [6, 6.07) is 0. The van der Waals surface area contributed by atoms with Crippen molar-refractivity contribution in [1.82, 2.24) is 0 Å². The minimum absolute atomic E-state index is 0.0167. The van der Waals surface area contributed by atoms with Crippen LogP contribution in [0.5, 0.6) is 0 Å². The molecule has 0 aliphatic heterocycles. The van der Waals surface area contributed by atoms with Gasteiger partial charge in [-0.3, -0.25) is 4.55 Å². The Kier molecular flexibility index (Phi) is 4.11. The molecular weight excluding hydrogens is 244 g/mol. The van der Waals surface area contributed by atoms with E-state index in [9.17, 15) is 26.0 Å². The summed E-state index contributed by atoms with van der Waals surface area (Å²) in [7, 11) is -6.22. The van der Waals surface area contributed by atoms with Crippen LogP contribution in [0.25, 0.3) is 0 Å². The fourth-order valence-electron chi connectivity index (χ4n) is 0.555. The first-order valence-electron chi connectivity index (χ1n) is 3.86. The summed E-state index contributed by atoms with van der Waals surface area (Å²) >= 11 is 0. The van der Waals surface area contributed by atoms with Gasteiger partial charge in [0.15, 0.2) is 0 Å². The van der Waals surface area contributed by atoms with Crippen LogP contribution in [-0.4, -0.2) is 30.4 Å². The zero-order chi connectivity index (χ0) is 12.5. The molecule has 0 saturated heterocycles. The lowest BCUT2D eigenvalue weighted by Gasteiger charge is -2.25. The van der Waals surface area contributed by atoms with Crippen LogP contribution in [0.4, 0.5) is 17.6 Å². The van der Waals surface area contributed by atoms with Crippen molar-refractivity contribution < 1.29 is 35.3 Å². The first-order valence-corrected chi connectivity index (χ1v) is 5.30. The lowest BCUT2D eigenvalue weighted by molar-refractivity contribution is -0.332. The number of hydrogen-bond acceptors (Lipinski definition) is 3. The second-order valence-electron chi connectivity index (χ2n) is 2.85. The van der Waals surface area contributed by atoms with Gasteiger partial charge in [-0.05, 0) is 13.3 Å². The molecule has 92 valence electrons. The monoisotopic (exact) mass is 254 g/mol. The summed E-state index contributed by atoms with van der Waals surface area (Å²) in [6.45, 7) is 2.44. The van der Waals surface area contributed by atoms with Gasteiger partial charge in [-0.15, -0.1) is 0 Å². The highest BCUT2D eigenvalue weighted by Crippen LogP contribution is 2.40. The Hall–Kier alpha value is -0.410. The summed E-state index contributed by atoms with van der Waals surface area (Å²) in [5, 5.41) is -5.66. The number of rotatable bonds is 5. The molecule has 1 atom stereocenters. The molecule has 0 aromatic heterocycles. The largest absolute Gasteiger partial charge is 0.459 e. The van der Waals surface area contributed by atoms with Gasteiger partial charge in [0.05, 0.1) is 6.10 Å². The van der Waals surface area contributed by atoms with Crippen molar-refractivity contribution in [2.45, 2.75) is 37.7 Å². The second kappa shape index (κ2) is 4.22. The van der Waals surface area contributed by atoms with Gasteiger partial charge >= 0.3 is 21.5 Å². The third kappa shape index (κ3) is 3.02. The van der Waals surface area contributed by atoms with Crippen molar-refractivity contribution in [2.24, 2.45) is 0 Å². The highest BCUT2D eigenvalue weighted by Gasteiger charge is 2.67. The van der Waals surface area contributed by atoms with E-state index in [4.69, 9.17) is 4.55 Å². The van der Waals surface area contributed by atoms with Crippen molar-refractivity contribution >= 4 is 10.1 Å². The number of ether oxygens (including phenoxy) is 1. The van der Waals surface area contributed by atoms with E-state index in [0.29, 0.717) is 0 Å². The molecule has 15 heavy (non-hydrogen) atoms. The summed E-state index contributed by atoms with van der Waals surface area (Å²) in [4.78, 5) is 0. The van der Waals surface area contributed by atoms with Crippen LogP contribution in [0, 0.1) is 0 Å². The first-order chi connectivity index (χ1) is 6.45. The quantitative estimate of drug-likeness (QED) is 0.601. The molecule has 0 fully saturated rings. The fraction of sp³-hybridized carbons (Fsp3) is 1.00. The van der Waals surface area contributed by atoms with E-state index in [2.05, 4.69) is 4.74 Å². The van der Waals surface area contributed by atoms with Crippen LogP contribution < -0.4 is 0 Å². The van der Waals surface area contributed by atoms with E-state index in [1.54, 1.807) is 0 Å². The van der Waals surface area contributed by atoms with Gasteiger partial charge in [0.1, 0.15) is 0 Å². The highest BCUT2D eigenvalue weighted by atomic mass is 32.2. The smallest absolute Gasteiger partial charge is 0.312 e. The normalized spacial score (nSPS) is 16.5. The van der Waals surface area contributed by atoms with E-state index in [0.717, 1.165) is 6.92 Å². The molecule has 0 aliphatic carbocycles. The van der Waals surface area contributed by atoms with E-state index < -0.39 is 27.6 Å². The number of hydrogen-bond donors (Lipinski definition) is 1. The zero-order valence-electron chi connectivity index (χ0n) is 7.88. The van der Waals surface area contributed by atoms with Crippen molar-refractivity contribution in [2.75, 3.05) is 0 Å². The van der Waals surface area contributed by atoms with Gasteiger partial charge in [0.2, 0.25) is 0 Å². The molecule has 0 radical (unpaired) electrons. The molecule has 0 bridgehead atoms. The molecule has 0 aromatic rings. The summed E-state index contributed by atoms with van der Waals surface area (Å²) in [6.07, 6.45) is -6.56. The van der Waals surface area contributed by atoms with Crippen LogP contribution >= 0.6 is 0 Å². The lowest BCUT2D eigenvalue weighted by Crippen LogP contribution is -2.49. The molecule has 1 N–H and O–H groups in total. The maximum Gasteiger partial charge on any atom is 0.459 e. The van der Waals surface area contributed by atoms with Crippen LogP contribution in [-0.2, 0) is 14.9 Å². The Morgan fingerprint density at radius 2 is 1.73 bits per heavy atom. The van der Waals surface area contributed by atoms with Gasteiger partial charge < -0.3 is 4.74 Å². The second-order valence-corrected chi connectivity index (χ2v) is 4.31. The molecule has 9 heteroatoms. The molecular formula is C6H10F4O4S. The topological polar surface area (TPSA) is 63.6 Å². The van der Waals surface area contributed by atoms with Crippen molar-refractivity contribution in [3.8, 4) is 0 Å². The summed E-state index contributed by atoms with van der Waals surface area (Å²) in [5.41, 5.74) is 0. The van der Waals surface area contributed by atoms with Crippen molar-refractivity contribution in [3.63, 3.8) is 0 Å². The van der Waals surface area contributed by atoms with E-state index in [1.807, 2.05) is 0 Å². The van der Waals surface area contributed by atoms with Crippen LogP contribution in [0.1, 0.15) is 20.3 Å². The summed E-state index contributed by atoms with van der Waals surface area (Å²) in [5.74, 6) is 0. The van der Waals surface area contributed by atoms with Crippen molar-refractivity contribution in [3.05, 3.63) is 0 Å². The van der Waals surface area contributed by atoms with Crippen LogP contribution in [0.3, 0.4) is 0 Å². The van der Waals surface area contributed by atoms with Crippen molar-refractivity contribution in [1.29, 1.82) is 0 Å². The molecule has 0 spiro atoms. The average molecular weight is 254 g/mol. The van der Waals surface area contributed by atoms with E-state index in [-0.39, 0.29) is 6.42 Å². The molecule has 0 amide bonds. The zero-order valence-corrected chi connectivity index (χ0v) is 8.69. The Bertz CT molecular complexity index is 313. The molecule has 0 rings (SSSR count). The third-order valence-corrected chi connectivity index (χ3v) is 2.47. The molecule has 0 aliphatic rings. The minimum Gasteiger partial charge on any atom is -0.312 e. The number of halogens is 4. The maximum absolute atomic E-state index is 12.6. The van der Waals surface area contributed by atoms with Gasteiger partial charge in [0, 0.05) is 0 Å². The third-order valence-electron chi connectivity index (χ3n) is 1.59. The van der Waals surface area contributed by atoms with Gasteiger partial charge in [-0.2, -0.15) is 26.0 Å². The summed E-state index contributed by atoms with van der Waals surface area (Å²) < 4.78 is 81.7. The van der Waals surface area contributed by atoms with E-state index in [1.165, 1.54) is 6.92 Å². The molecule has 4 nitrogen and oxygen atoms in total. The minimum atomic E-state index is -6.22. The average Bonchev–Trinajstić information content (AvgIpc) is 2.00. The molecule has 1 unspecified atom stereocenters. The molecule has 0 aromatic carbocycles. The lowest BCUT2D eigenvalue weighted by atomic mass is 10.3. The van der Waals surface area contributed by atoms with Gasteiger partial charge in [-0.1, -0.05) is 6.92 Å². The first kappa shape index (κ1) is 14.6. The SMILES string of the molecule is CCC(C)OC(F)(F)C(F)(F)S(=O)(=O)O. The Morgan fingerprint density at radius 1 is 1.33 bits per heavy atom. The highest BCUT2D eigenvalue weighted by molar-refractivity contribution is 7.86. The number of alkyl halides is 4. The Balaban J connectivity index is 5.03.